The van der Waals surface area contributed by atoms with Gasteiger partial charge < -0.3 is 0 Å². The monoisotopic (exact) mass is 466 g/mol. The second-order valence-corrected chi connectivity index (χ2v) is 8.71. The molecular weight excluding hydrogens is 454 g/mol. The van der Waals surface area contributed by atoms with Gasteiger partial charge in [0.25, 0.3) is 5.91 Å². The lowest BCUT2D eigenvalue weighted by molar-refractivity contribution is -0.113. The van der Waals surface area contributed by atoms with Crippen molar-refractivity contribution >= 4 is 68.1 Å². The highest BCUT2D eigenvalue weighted by atomic mass is 35.5. The summed E-state index contributed by atoms with van der Waals surface area (Å²) in [6, 6.07) is 20.9. The molecule has 0 spiro atoms. The van der Waals surface area contributed by atoms with E-state index in [4.69, 9.17) is 23.2 Å². The maximum absolute atomic E-state index is 14.2. The lowest BCUT2D eigenvalue weighted by Crippen LogP contribution is -2.32. The van der Waals surface area contributed by atoms with Crippen LogP contribution >= 0.6 is 34.5 Å². The predicted octanol–water partition coefficient (Wildman–Crippen LogP) is 7.18. The summed E-state index contributed by atoms with van der Waals surface area (Å²) < 4.78 is 15.2. The summed E-state index contributed by atoms with van der Waals surface area (Å²) in [6.07, 6.45) is 1.45. The van der Waals surface area contributed by atoms with E-state index in [2.05, 4.69) is 4.99 Å². The smallest absolute Gasteiger partial charge is 0.266 e. The number of carbonyl (C=O) groups excluding carboxylic acids is 1. The summed E-state index contributed by atoms with van der Waals surface area (Å²) in [6.45, 7) is 0. The van der Waals surface area contributed by atoms with Gasteiger partial charge in [0.1, 0.15) is 11.5 Å². The zero-order valence-electron chi connectivity index (χ0n) is 15.9. The number of anilines is 1. The summed E-state index contributed by atoms with van der Waals surface area (Å²) in [5, 5.41) is 1.97. The maximum atomic E-state index is 14.2. The fourth-order valence-electron chi connectivity index (χ4n) is 3.40. The number of fused-ring (bicyclic) bond motifs is 1. The van der Waals surface area contributed by atoms with E-state index >= 15 is 0 Å². The molecule has 3 nitrogen and oxygen atoms in total. The van der Waals surface area contributed by atoms with E-state index in [1.54, 1.807) is 42.5 Å². The Morgan fingerprint density at radius 1 is 0.935 bits per heavy atom. The highest BCUT2D eigenvalue weighted by molar-refractivity contribution is 7.21. The first kappa shape index (κ1) is 19.9. The first-order valence-electron chi connectivity index (χ1n) is 9.35. The number of halogens is 3. The Kier molecular flexibility index (Phi) is 5.10. The molecule has 0 atom stereocenters. The van der Waals surface area contributed by atoms with E-state index in [1.807, 2.05) is 24.3 Å². The van der Waals surface area contributed by atoms with E-state index in [0.29, 0.717) is 26.4 Å². The molecule has 152 valence electrons. The number of nitrogens with zero attached hydrogens (tertiary/aromatic N) is 2. The molecule has 4 aromatic rings. The summed E-state index contributed by atoms with van der Waals surface area (Å²) in [4.78, 5) is 20.1. The average Bonchev–Trinajstić information content (AvgIpc) is 3.28. The van der Waals surface area contributed by atoms with Crippen LogP contribution in [0.3, 0.4) is 0 Å². The van der Waals surface area contributed by atoms with Crippen molar-refractivity contribution in [2.24, 2.45) is 4.99 Å². The van der Waals surface area contributed by atoms with Gasteiger partial charge in [-0.1, -0.05) is 59.6 Å². The number of hydrogen-bond acceptors (Lipinski definition) is 3. The van der Waals surface area contributed by atoms with E-state index in [-0.39, 0.29) is 17.2 Å². The van der Waals surface area contributed by atoms with Gasteiger partial charge in [-0.2, -0.15) is 0 Å². The number of carbonyl (C=O) groups is 1. The molecule has 0 unspecified atom stereocenters. The van der Waals surface area contributed by atoms with Gasteiger partial charge in [-0.3, -0.25) is 9.69 Å². The highest BCUT2D eigenvalue weighted by Gasteiger charge is 2.35. The molecule has 1 aliphatic heterocycles. The molecule has 31 heavy (non-hydrogen) atoms. The summed E-state index contributed by atoms with van der Waals surface area (Å²) in [5.74, 6) is -0.389. The van der Waals surface area contributed by atoms with Gasteiger partial charge in [0.2, 0.25) is 0 Å². The zero-order chi connectivity index (χ0) is 21.5. The third kappa shape index (κ3) is 3.55. The van der Waals surface area contributed by atoms with Crippen LogP contribution in [0.4, 0.5) is 10.1 Å². The molecule has 0 fully saturated rings. The molecule has 2 heterocycles. The topological polar surface area (TPSA) is 32.7 Å². The standard InChI is InChI=1S/C24H13Cl2FN2OS/c25-15-9-11-16(12-10-15)29-23(22-21(26)17-6-2-4-8-20(17)31-22)28-19(24(29)30)13-14-5-1-3-7-18(14)27/h1-13H/b19-13+. The normalized spacial score (nSPS) is 15.2. The quantitative estimate of drug-likeness (QED) is 0.294. The van der Waals surface area contributed by atoms with Gasteiger partial charge in [0.05, 0.1) is 15.6 Å². The van der Waals surface area contributed by atoms with E-state index in [0.717, 1.165) is 10.1 Å². The zero-order valence-corrected chi connectivity index (χ0v) is 18.2. The first-order chi connectivity index (χ1) is 15.0. The Hall–Kier alpha value is -2.99. The number of benzene rings is 3. The third-order valence-corrected chi connectivity index (χ3v) is 6.80. The van der Waals surface area contributed by atoms with E-state index < -0.39 is 5.82 Å². The molecule has 0 N–H and O–H groups in total. The number of amides is 1. The predicted molar refractivity (Wildman–Crippen MR) is 127 cm³/mol. The summed E-state index contributed by atoms with van der Waals surface area (Å²) in [7, 11) is 0. The van der Waals surface area contributed by atoms with Crippen molar-refractivity contribution < 1.29 is 9.18 Å². The van der Waals surface area contributed by atoms with Crippen LogP contribution in [-0.4, -0.2) is 11.7 Å². The lowest BCUT2D eigenvalue weighted by atomic mass is 10.1. The van der Waals surface area contributed by atoms with Crippen molar-refractivity contribution in [3.8, 4) is 0 Å². The second-order valence-electron chi connectivity index (χ2n) is 6.84. The van der Waals surface area contributed by atoms with Crippen LogP contribution in [0, 0.1) is 5.82 Å². The van der Waals surface area contributed by atoms with Crippen LogP contribution in [0.5, 0.6) is 0 Å². The van der Waals surface area contributed by atoms with Crippen LogP contribution in [0.2, 0.25) is 10.0 Å². The molecule has 0 saturated carbocycles. The third-order valence-electron chi connectivity index (χ3n) is 4.88. The second kappa shape index (κ2) is 7.93. The summed E-state index contributed by atoms with van der Waals surface area (Å²) >= 11 is 14.2. The SMILES string of the molecule is O=C1/C(=C\c2ccccc2F)N=C(c2sc3ccccc3c2Cl)N1c1ccc(Cl)cc1. The Labute approximate surface area is 191 Å². The molecule has 0 saturated heterocycles. The molecule has 3 aromatic carbocycles. The van der Waals surface area contributed by atoms with Gasteiger partial charge in [-0.05, 0) is 42.5 Å². The Bertz CT molecular complexity index is 1390. The van der Waals surface area contributed by atoms with E-state index in [9.17, 15) is 9.18 Å². The molecule has 1 amide bonds. The van der Waals surface area contributed by atoms with Gasteiger partial charge in [0.15, 0.2) is 5.84 Å². The van der Waals surface area contributed by atoms with Crippen molar-refractivity contribution in [2.75, 3.05) is 4.90 Å². The number of hydrogen-bond donors (Lipinski definition) is 0. The van der Waals surface area contributed by atoms with Crippen molar-refractivity contribution in [3.63, 3.8) is 0 Å². The number of rotatable bonds is 3. The molecular formula is C24H13Cl2FN2OS. The minimum Gasteiger partial charge on any atom is -0.266 e. The molecule has 5 rings (SSSR count). The Balaban J connectivity index is 1.70. The largest absolute Gasteiger partial charge is 0.282 e. The average molecular weight is 467 g/mol. The molecule has 0 radical (unpaired) electrons. The van der Waals surface area contributed by atoms with Gasteiger partial charge >= 0.3 is 0 Å². The molecule has 0 bridgehead atoms. The maximum Gasteiger partial charge on any atom is 0.282 e. The first-order valence-corrected chi connectivity index (χ1v) is 10.9. The van der Waals surface area contributed by atoms with Crippen LogP contribution < -0.4 is 4.90 Å². The highest BCUT2D eigenvalue weighted by Crippen LogP contribution is 2.39. The van der Waals surface area contributed by atoms with Crippen LogP contribution in [0.25, 0.3) is 16.2 Å². The lowest BCUT2D eigenvalue weighted by Gasteiger charge is -2.18. The van der Waals surface area contributed by atoms with Gasteiger partial charge in [-0.25, -0.2) is 9.38 Å². The fraction of sp³-hybridized carbons (Fsp3) is 0. The molecule has 0 aliphatic carbocycles. The molecule has 1 aromatic heterocycles. The van der Waals surface area contributed by atoms with Crippen molar-refractivity contribution in [1.82, 2.24) is 0 Å². The summed E-state index contributed by atoms with van der Waals surface area (Å²) in [5.41, 5.74) is 1.01. The van der Waals surface area contributed by atoms with E-state index in [1.165, 1.54) is 28.4 Å². The fourth-order valence-corrected chi connectivity index (χ4v) is 5.02. The Morgan fingerprint density at radius 2 is 1.65 bits per heavy atom. The molecule has 1 aliphatic rings. The number of amidine groups is 1. The van der Waals surface area contributed by atoms with Crippen LogP contribution in [-0.2, 0) is 4.79 Å². The Morgan fingerprint density at radius 3 is 2.39 bits per heavy atom. The van der Waals surface area contributed by atoms with Crippen molar-refractivity contribution in [1.29, 1.82) is 0 Å². The van der Waals surface area contributed by atoms with Gasteiger partial charge in [-0.15, -0.1) is 11.3 Å². The van der Waals surface area contributed by atoms with Gasteiger partial charge in [0, 0.05) is 20.7 Å². The van der Waals surface area contributed by atoms with Crippen LogP contribution in [0.1, 0.15) is 10.4 Å². The van der Waals surface area contributed by atoms with Crippen molar-refractivity contribution in [2.45, 2.75) is 0 Å². The number of thiophene rings is 1. The van der Waals surface area contributed by atoms with Crippen molar-refractivity contribution in [3.05, 3.63) is 105 Å². The minimum atomic E-state index is -0.426. The minimum absolute atomic E-state index is 0.128. The number of aliphatic imine (C=N–C) groups is 1. The van der Waals surface area contributed by atoms with Crippen LogP contribution in [0.15, 0.2) is 83.5 Å². The molecule has 7 heteroatoms.